The number of amides is 3. The van der Waals surface area contributed by atoms with Crippen molar-refractivity contribution in [2.24, 2.45) is 12.8 Å². The van der Waals surface area contributed by atoms with Gasteiger partial charge in [-0.2, -0.15) is 0 Å². The second-order valence-corrected chi connectivity index (χ2v) is 8.18. The Morgan fingerprint density at radius 3 is 2.59 bits per heavy atom. The van der Waals surface area contributed by atoms with Crippen molar-refractivity contribution < 1.29 is 23.9 Å². The molecule has 0 aliphatic heterocycles. The largest absolute Gasteiger partial charge is 0.494 e. The lowest BCUT2D eigenvalue weighted by molar-refractivity contribution is 0.0996. The maximum Gasteiger partial charge on any atom is 0.407 e. The lowest BCUT2D eigenvalue weighted by atomic mass is 10.1. The van der Waals surface area contributed by atoms with E-state index >= 15 is 0 Å². The van der Waals surface area contributed by atoms with Crippen LogP contribution in [0.1, 0.15) is 32.8 Å². The zero-order valence-corrected chi connectivity index (χ0v) is 20.4. The number of methoxy groups -OCH3 is 1. The van der Waals surface area contributed by atoms with Gasteiger partial charge in [0.05, 0.1) is 25.2 Å². The van der Waals surface area contributed by atoms with E-state index in [0.29, 0.717) is 42.0 Å². The third kappa shape index (κ3) is 5.86. The molecule has 12 nitrogen and oxygen atoms in total. The Hall–Kier alpha value is -4.87. The fourth-order valence-corrected chi connectivity index (χ4v) is 3.78. The van der Waals surface area contributed by atoms with Gasteiger partial charge in [-0.25, -0.2) is 14.8 Å². The summed E-state index contributed by atoms with van der Waals surface area (Å²) in [6, 6.07) is 12.4. The highest BCUT2D eigenvalue weighted by atomic mass is 16.5. The smallest absolute Gasteiger partial charge is 0.407 e. The summed E-state index contributed by atoms with van der Waals surface area (Å²) in [5.41, 5.74) is 7.90. The summed E-state index contributed by atoms with van der Waals surface area (Å²) in [6.45, 7) is 0.843. The summed E-state index contributed by atoms with van der Waals surface area (Å²) in [5, 5.41) is 5.52. The Labute approximate surface area is 212 Å². The molecule has 0 unspecified atom stereocenters. The molecule has 3 amide bonds. The van der Waals surface area contributed by atoms with E-state index in [1.807, 2.05) is 30.3 Å². The maximum absolute atomic E-state index is 12.9. The van der Waals surface area contributed by atoms with Gasteiger partial charge in [0.2, 0.25) is 11.9 Å². The number of alkyl carbamates (subject to hydrolysis) is 1. The van der Waals surface area contributed by atoms with E-state index in [4.69, 9.17) is 15.2 Å². The molecular weight excluding hydrogens is 478 g/mol. The van der Waals surface area contributed by atoms with Crippen LogP contribution >= 0.6 is 0 Å². The first-order valence-corrected chi connectivity index (χ1v) is 11.5. The number of aromatic nitrogens is 4. The summed E-state index contributed by atoms with van der Waals surface area (Å²) in [7, 11) is 3.17. The van der Waals surface area contributed by atoms with Gasteiger partial charge in [-0.3, -0.25) is 14.9 Å². The Kier molecular flexibility index (Phi) is 7.67. The molecule has 0 fully saturated rings. The zero-order valence-electron chi connectivity index (χ0n) is 20.4. The number of imidazole rings is 2. The highest BCUT2D eigenvalue weighted by Gasteiger charge is 2.20. The number of rotatable bonds is 10. The van der Waals surface area contributed by atoms with Crippen molar-refractivity contribution >= 4 is 34.9 Å². The Balaban J connectivity index is 1.51. The van der Waals surface area contributed by atoms with E-state index in [1.54, 1.807) is 16.2 Å². The number of anilines is 1. The molecule has 4 aromatic rings. The number of ether oxygens (including phenoxy) is 2. The van der Waals surface area contributed by atoms with Gasteiger partial charge in [0.25, 0.3) is 5.91 Å². The molecule has 2 aromatic carbocycles. The average molecular weight is 506 g/mol. The molecule has 0 atom stereocenters. The third-order valence-corrected chi connectivity index (χ3v) is 5.63. The van der Waals surface area contributed by atoms with Crippen LogP contribution in [0.2, 0.25) is 0 Å². The topological polar surface area (TPSA) is 155 Å². The molecule has 4 N–H and O–H groups in total. The fraction of sp³-hybridized carbons (Fsp3) is 0.240. The van der Waals surface area contributed by atoms with Gasteiger partial charge < -0.3 is 29.7 Å². The van der Waals surface area contributed by atoms with E-state index in [0.717, 1.165) is 5.56 Å². The SMILES string of the molecule is COc1cc(C(N)=O)cc2nc(NC(=O)c3cncn3C)n(CCCNC(=O)OCc3ccccc3)c12. The van der Waals surface area contributed by atoms with E-state index in [-0.39, 0.29) is 18.1 Å². The van der Waals surface area contributed by atoms with Crippen LogP contribution < -0.4 is 21.1 Å². The van der Waals surface area contributed by atoms with E-state index in [1.165, 1.54) is 31.8 Å². The Morgan fingerprint density at radius 2 is 1.92 bits per heavy atom. The molecule has 2 heterocycles. The van der Waals surface area contributed by atoms with Crippen LogP contribution in [0, 0.1) is 0 Å². The van der Waals surface area contributed by atoms with Crippen LogP contribution in [0.25, 0.3) is 11.0 Å². The minimum atomic E-state index is -0.631. The number of hydrogen-bond donors (Lipinski definition) is 3. The number of benzene rings is 2. The predicted molar refractivity (Wildman–Crippen MR) is 135 cm³/mol. The maximum atomic E-state index is 12.9. The van der Waals surface area contributed by atoms with Crippen molar-refractivity contribution in [3.05, 3.63) is 71.8 Å². The molecule has 2 aromatic heterocycles. The normalized spacial score (nSPS) is 10.8. The molecule has 0 bridgehead atoms. The standard InChI is InChI=1S/C25H27N7O5/c1-31-15-27-13-19(31)23(34)30-24-29-18-11-17(22(26)33)12-20(36-2)21(18)32(24)10-6-9-28-25(35)37-14-16-7-4-3-5-8-16/h3-5,7-8,11-13,15H,6,9-10,14H2,1-2H3,(H2,26,33)(H,28,35)(H,29,30,34). The molecule has 0 aliphatic carbocycles. The molecule has 0 radical (unpaired) electrons. The highest BCUT2D eigenvalue weighted by Crippen LogP contribution is 2.31. The quantitative estimate of drug-likeness (QED) is 0.280. The molecule has 0 aliphatic rings. The van der Waals surface area contributed by atoms with Crippen molar-refractivity contribution in [1.82, 2.24) is 24.4 Å². The second-order valence-electron chi connectivity index (χ2n) is 8.18. The van der Waals surface area contributed by atoms with Crippen LogP contribution in [-0.4, -0.2) is 50.7 Å². The number of primary amides is 1. The third-order valence-electron chi connectivity index (χ3n) is 5.63. The van der Waals surface area contributed by atoms with Crippen LogP contribution in [0.15, 0.2) is 55.0 Å². The van der Waals surface area contributed by atoms with Gasteiger partial charge in [-0.15, -0.1) is 0 Å². The Bertz CT molecular complexity index is 1430. The van der Waals surface area contributed by atoms with Gasteiger partial charge in [-0.1, -0.05) is 30.3 Å². The van der Waals surface area contributed by atoms with Crippen molar-refractivity contribution in [3.63, 3.8) is 0 Å². The number of nitrogens with zero attached hydrogens (tertiary/aromatic N) is 4. The second kappa shape index (κ2) is 11.2. The highest BCUT2D eigenvalue weighted by molar-refractivity contribution is 6.04. The fourth-order valence-electron chi connectivity index (χ4n) is 3.78. The number of hydrogen-bond acceptors (Lipinski definition) is 7. The number of fused-ring (bicyclic) bond motifs is 1. The van der Waals surface area contributed by atoms with Crippen molar-refractivity contribution in [2.45, 2.75) is 19.6 Å². The van der Waals surface area contributed by atoms with E-state index in [9.17, 15) is 14.4 Å². The number of nitrogens with two attached hydrogens (primary N) is 1. The van der Waals surface area contributed by atoms with Crippen molar-refractivity contribution in [3.8, 4) is 5.75 Å². The molecule has 12 heteroatoms. The summed E-state index contributed by atoms with van der Waals surface area (Å²) >= 11 is 0. The monoisotopic (exact) mass is 505 g/mol. The van der Waals surface area contributed by atoms with Crippen LogP contribution in [0.5, 0.6) is 5.75 Å². The number of nitrogens with one attached hydrogen (secondary N) is 2. The molecule has 0 saturated carbocycles. The molecular formula is C25H27N7O5. The lowest BCUT2D eigenvalue weighted by Gasteiger charge is -2.13. The number of carbonyl (C=O) groups is 3. The first-order chi connectivity index (χ1) is 17.9. The average Bonchev–Trinajstić information content (AvgIpc) is 3.48. The van der Waals surface area contributed by atoms with Gasteiger partial charge in [0, 0.05) is 25.7 Å². The minimum absolute atomic E-state index is 0.169. The zero-order chi connectivity index (χ0) is 26.4. The van der Waals surface area contributed by atoms with Crippen LogP contribution in [-0.2, 0) is 24.9 Å². The van der Waals surface area contributed by atoms with Gasteiger partial charge in [-0.05, 0) is 24.1 Å². The number of aryl methyl sites for hydroxylation is 2. The predicted octanol–water partition coefficient (Wildman–Crippen LogP) is 2.45. The van der Waals surface area contributed by atoms with Crippen molar-refractivity contribution in [2.75, 3.05) is 19.0 Å². The van der Waals surface area contributed by atoms with E-state index < -0.39 is 17.9 Å². The van der Waals surface area contributed by atoms with Crippen molar-refractivity contribution in [1.29, 1.82) is 0 Å². The first kappa shape index (κ1) is 25.2. The first-order valence-electron chi connectivity index (χ1n) is 11.5. The molecule has 37 heavy (non-hydrogen) atoms. The summed E-state index contributed by atoms with van der Waals surface area (Å²) in [5.74, 6) is -0.426. The van der Waals surface area contributed by atoms with Crippen LogP contribution in [0.3, 0.4) is 0 Å². The summed E-state index contributed by atoms with van der Waals surface area (Å²) in [6.07, 6.45) is 2.91. The van der Waals surface area contributed by atoms with E-state index in [2.05, 4.69) is 20.6 Å². The molecule has 0 saturated heterocycles. The van der Waals surface area contributed by atoms with Crippen LogP contribution in [0.4, 0.5) is 10.7 Å². The Morgan fingerprint density at radius 1 is 1.14 bits per heavy atom. The van der Waals surface area contributed by atoms with Gasteiger partial charge >= 0.3 is 6.09 Å². The molecule has 192 valence electrons. The number of carbonyl (C=O) groups excluding carboxylic acids is 3. The summed E-state index contributed by atoms with van der Waals surface area (Å²) in [4.78, 5) is 45.2. The molecule has 4 rings (SSSR count). The minimum Gasteiger partial charge on any atom is -0.494 e. The summed E-state index contributed by atoms with van der Waals surface area (Å²) < 4.78 is 14.1. The molecule has 0 spiro atoms. The van der Waals surface area contributed by atoms with Gasteiger partial charge in [0.1, 0.15) is 23.6 Å². The van der Waals surface area contributed by atoms with Gasteiger partial charge in [0.15, 0.2) is 0 Å². The lowest BCUT2D eigenvalue weighted by Crippen LogP contribution is -2.26.